The van der Waals surface area contributed by atoms with Crippen molar-refractivity contribution < 1.29 is 18.7 Å². The quantitative estimate of drug-likeness (QED) is 0.796. The molecule has 3 nitrogen and oxygen atoms in total. The van der Waals surface area contributed by atoms with Crippen LogP contribution in [0.1, 0.15) is 6.92 Å². The Labute approximate surface area is 116 Å². The fraction of sp³-hybridized carbons (Fsp3) is 0.500. The predicted octanol–water partition coefficient (Wildman–Crippen LogP) is 2.69. The molecule has 1 fully saturated rings. The fourth-order valence-corrected chi connectivity index (χ4v) is 3.49. The highest BCUT2D eigenvalue weighted by Crippen LogP contribution is 2.38. The highest BCUT2D eigenvalue weighted by molar-refractivity contribution is 8.00. The average molecular weight is 284 g/mol. The van der Waals surface area contributed by atoms with Crippen molar-refractivity contribution in [1.82, 2.24) is 0 Å². The van der Waals surface area contributed by atoms with E-state index in [9.17, 15) is 9.18 Å². The molecule has 2 rings (SSSR count). The van der Waals surface area contributed by atoms with Gasteiger partial charge in [-0.25, -0.2) is 4.39 Å². The number of thioether (sulfide) groups is 1. The minimum Gasteiger partial charge on any atom is -0.379 e. The minimum atomic E-state index is -1.44. The van der Waals surface area contributed by atoms with Crippen LogP contribution in [0.15, 0.2) is 35.2 Å². The summed E-state index contributed by atoms with van der Waals surface area (Å²) < 4.78 is 24.6. The van der Waals surface area contributed by atoms with Gasteiger partial charge in [0.15, 0.2) is 0 Å². The Bertz CT molecular complexity index is 414. The summed E-state index contributed by atoms with van der Waals surface area (Å²) in [5.74, 6) is -0.446. The molecule has 0 bridgehead atoms. The third-order valence-corrected chi connectivity index (χ3v) is 4.59. The summed E-state index contributed by atoms with van der Waals surface area (Å²) in [7, 11) is 1.50. The van der Waals surface area contributed by atoms with Crippen LogP contribution >= 0.6 is 11.8 Å². The molecule has 19 heavy (non-hydrogen) atoms. The van der Waals surface area contributed by atoms with Crippen molar-refractivity contribution in [2.45, 2.75) is 35.6 Å². The van der Waals surface area contributed by atoms with Crippen LogP contribution in [0.3, 0.4) is 0 Å². The highest BCUT2D eigenvalue weighted by atomic mass is 32.2. The zero-order chi connectivity index (χ0) is 13.8. The van der Waals surface area contributed by atoms with Gasteiger partial charge in [-0.3, -0.25) is 0 Å². The van der Waals surface area contributed by atoms with E-state index in [1.54, 1.807) is 6.92 Å². The SMILES string of the molecule is COC1C(C=O)C(C)OC(F)C1Sc1ccccc1. The Balaban J connectivity index is 2.18. The number of ether oxygens (including phenoxy) is 2. The Morgan fingerprint density at radius 2 is 2.05 bits per heavy atom. The fourth-order valence-electron chi connectivity index (χ4n) is 2.26. The van der Waals surface area contributed by atoms with Gasteiger partial charge in [-0.05, 0) is 19.1 Å². The normalized spacial score (nSPS) is 35.0. The maximum absolute atomic E-state index is 14.1. The number of alkyl halides is 1. The van der Waals surface area contributed by atoms with Gasteiger partial charge in [0, 0.05) is 12.0 Å². The van der Waals surface area contributed by atoms with Crippen molar-refractivity contribution in [2.75, 3.05) is 7.11 Å². The summed E-state index contributed by atoms with van der Waals surface area (Å²) >= 11 is 1.34. The first kappa shape index (κ1) is 14.5. The number of carbonyl (C=O) groups is 1. The minimum absolute atomic E-state index is 0.446. The van der Waals surface area contributed by atoms with Crippen LogP contribution in [0.5, 0.6) is 0 Å². The van der Waals surface area contributed by atoms with Gasteiger partial charge >= 0.3 is 0 Å². The lowest BCUT2D eigenvalue weighted by molar-refractivity contribution is -0.176. The van der Waals surface area contributed by atoms with E-state index < -0.39 is 29.7 Å². The number of benzene rings is 1. The Hall–Kier alpha value is -0.910. The molecule has 1 aliphatic rings. The summed E-state index contributed by atoms with van der Waals surface area (Å²) in [5.41, 5.74) is 0. The average Bonchev–Trinajstić information content (AvgIpc) is 2.42. The van der Waals surface area contributed by atoms with Gasteiger partial charge < -0.3 is 14.3 Å². The smallest absolute Gasteiger partial charge is 0.213 e. The van der Waals surface area contributed by atoms with E-state index in [1.807, 2.05) is 30.3 Å². The molecule has 0 saturated carbocycles. The first-order chi connectivity index (χ1) is 9.17. The molecular weight excluding hydrogens is 267 g/mol. The summed E-state index contributed by atoms with van der Waals surface area (Å²) in [6, 6.07) is 9.48. The van der Waals surface area contributed by atoms with E-state index in [4.69, 9.17) is 9.47 Å². The van der Waals surface area contributed by atoms with E-state index in [1.165, 1.54) is 18.9 Å². The number of hydrogen-bond donors (Lipinski definition) is 0. The molecule has 1 aromatic rings. The number of aldehydes is 1. The van der Waals surface area contributed by atoms with Crippen LogP contribution in [0.2, 0.25) is 0 Å². The molecule has 0 aliphatic carbocycles. The predicted molar refractivity (Wildman–Crippen MR) is 71.9 cm³/mol. The molecule has 1 heterocycles. The standard InChI is InChI=1S/C14H17FO3S/c1-9-11(8-16)12(17-2)13(14(15)18-9)19-10-6-4-3-5-7-10/h3-9,11-14H,1-2H3. The van der Waals surface area contributed by atoms with Crippen molar-refractivity contribution in [3.63, 3.8) is 0 Å². The van der Waals surface area contributed by atoms with E-state index in [-0.39, 0.29) is 0 Å². The van der Waals surface area contributed by atoms with E-state index in [2.05, 4.69) is 0 Å². The van der Waals surface area contributed by atoms with Gasteiger partial charge in [0.2, 0.25) is 6.36 Å². The second kappa shape index (κ2) is 6.50. The summed E-state index contributed by atoms with van der Waals surface area (Å²) in [6.45, 7) is 1.70. The second-order valence-corrected chi connectivity index (χ2v) is 5.75. The third-order valence-electron chi connectivity index (χ3n) is 3.29. The van der Waals surface area contributed by atoms with Crippen LogP contribution in [0.4, 0.5) is 4.39 Å². The Morgan fingerprint density at radius 3 is 2.63 bits per heavy atom. The molecule has 1 aliphatic heterocycles. The van der Waals surface area contributed by atoms with Crippen molar-refractivity contribution >= 4 is 18.0 Å². The van der Waals surface area contributed by atoms with Gasteiger partial charge in [0.1, 0.15) is 6.29 Å². The van der Waals surface area contributed by atoms with Crippen LogP contribution in [-0.2, 0) is 14.3 Å². The first-order valence-corrected chi connectivity index (χ1v) is 7.04. The maximum Gasteiger partial charge on any atom is 0.213 e. The number of halogens is 1. The molecule has 5 unspecified atom stereocenters. The topological polar surface area (TPSA) is 35.5 Å². The van der Waals surface area contributed by atoms with Crippen molar-refractivity contribution in [2.24, 2.45) is 5.92 Å². The molecule has 5 heteroatoms. The molecule has 0 aromatic heterocycles. The zero-order valence-corrected chi connectivity index (χ0v) is 11.7. The number of rotatable bonds is 4. The van der Waals surface area contributed by atoms with Crippen molar-refractivity contribution in [3.8, 4) is 0 Å². The van der Waals surface area contributed by atoms with E-state index in [0.29, 0.717) is 0 Å². The molecule has 0 N–H and O–H groups in total. The summed E-state index contributed by atoms with van der Waals surface area (Å²) in [4.78, 5) is 12.1. The monoisotopic (exact) mass is 284 g/mol. The molecule has 1 saturated heterocycles. The molecule has 0 spiro atoms. The van der Waals surface area contributed by atoms with Gasteiger partial charge in [-0.2, -0.15) is 0 Å². The third kappa shape index (κ3) is 3.16. The first-order valence-electron chi connectivity index (χ1n) is 6.16. The Kier molecular flexibility index (Phi) is 4.96. The molecule has 0 amide bonds. The van der Waals surface area contributed by atoms with Crippen LogP contribution in [-0.4, -0.2) is 37.2 Å². The molecule has 104 valence electrons. The number of hydrogen-bond acceptors (Lipinski definition) is 4. The maximum atomic E-state index is 14.1. The van der Waals surface area contributed by atoms with Gasteiger partial charge in [0.05, 0.1) is 23.4 Å². The molecular formula is C14H17FO3S. The van der Waals surface area contributed by atoms with Gasteiger partial charge in [0.25, 0.3) is 0 Å². The lowest BCUT2D eigenvalue weighted by Gasteiger charge is -2.40. The van der Waals surface area contributed by atoms with Crippen LogP contribution in [0.25, 0.3) is 0 Å². The second-order valence-electron chi connectivity index (χ2n) is 4.50. The van der Waals surface area contributed by atoms with Crippen molar-refractivity contribution in [1.29, 1.82) is 0 Å². The zero-order valence-electron chi connectivity index (χ0n) is 10.9. The Morgan fingerprint density at radius 1 is 1.37 bits per heavy atom. The van der Waals surface area contributed by atoms with Crippen molar-refractivity contribution in [3.05, 3.63) is 30.3 Å². The number of carbonyl (C=O) groups excluding carboxylic acids is 1. The van der Waals surface area contributed by atoms with E-state index >= 15 is 0 Å². The molecule has 0 radical (unpaired) electrons. The number of methoxy groups -OCH3 is 1. The molecule has 1 aromatic carbocycles. The van der Waals surface area contributed by atoms with E-state index in [0.717, 1.165) is 11.2 Å². The summed E-state index contributed by atoms with van der Waals surface area (Å²) in [6.07, 6.45) is -1.60. The summed E-state index contributed by atoms with van der Waals surface area (Å²) in [5, 5.41) is -0.543. The van der Waals surface area contributed by atoms with Gasteiger partial charge in [-0.15, -0.1) is 11.8 Å². The van der Waals surface area contributed by atoms with Crippen LogP contribution in [0, 0.1) is 5.92 Å². The van der Waals surface area contributed by atoms with Gasteiger partial charge in [-0.1, -0.05) is 18.2 Å². The lowest BCUT2D eigenvalue weighted by Crippen LogP contribution is -2.52. The highest BCUT2D eigenvalue weighted by Gasteiger charge is 2.45. The van der Waals surface area contributed by atoms with Crippen LogP contribution < -0.4 is 0 Å². The lowest BCUT2D eigenvalue weighted by atomic mass is 9.93. The molecule has 5 atom stereocenters. The largest absolute Gasteiger partial charge is 0.379 e.